The normalized spacial score (nSPS) is 34.1. The Hall–Kier alpha value is -0.610. The fourth-order valence-corrected chi connectivity index (χ4v) is 3.34. The van der Waals surface area contributed by atoms with E-state index in [1.807, 2.05) is 0 Å². The molecule has 1 saturated carbocycles. The molecule has 0 radical (unpaired) electrons. The van der Waals surface area contributed by atoms with Gasteiger partial charge in [0.25, 0.3) is 0 Å². The average molecular weight is 239 g/mol. The van der Waals surface area contributed by atoms with Crippen LogP contribution >= 0.6 is 0 Å². The van der Waals surface area contributed by atoms with Crippen molar-refractivity contribution in [2.75, 3.05) is 20.1 Å². The van der Waals surface area contributed by atoms with E-state index in [4.69, 9.17) is 5.73 Å². The van der Waals surface area contributed by atoms with Gasteiger partial charge >= 0.3 is 0 Å². The first-order chi connectivity index (χ1) is 8.20. The number of likely N-dealkylation sites (N-methyl/N-ethyl adjacent to an activating group) is 1. The SMILES string of the molecule is CN(CC1CCC(=O)N1)C1CCCCC1CN. The summed E-state index contributed by atoms with van der Waals surface area (Å²) in [5, 5.41) is 3.04. The summed E-state index contributed by atoms with van der Waals surface area (Å²) < 4.78 is 0. The Morgan fingerprint density at radius 1 is 1.35 bits per heavy atom. The van der Waals surface area contributed by atoms with E-state index in [0.717, 1.165) is 19.5 Å². The zero-order chi connectivity index (χ0) is 12.3. The van der Waals surface area contributed by atoms with Gasteiger partial charge in [-0.15, -0.1) is 0 Å². The van der Waals surface area contributed by atoms with Crippen molar-refractivity contribution in [2.45, 2.75) is 50.6 Å². The minimum Gasteiger partial charge on any atom is -0.352 e. The van der Waals surface area contributed by atoms with Gasteiger partial charge in [-0.25, -0.2) is 0 Å². The van der Waals surface area contributed by atoms with Crippen molar-refractivity contribution in [3.63, 3.8) is 0 Å². The summed E-state index contributed by atoms with van der Waals surface area (Å²) in [5.41, 5.74) is 5.87. The molecular formula is C13H25N3O. The maximum atomic E-state index is 11.2. The second-order valence-electron chi connectivity index (χ2n) is 5.59. The predicted octanol–water partition coefficient (Wildman–Crippen LogP) is 0.714. The molecule has 0 aromatic rings. The lowest BCUT2D eigenvalue weighted by Crippen LogP contribution is -2.47. The van der Waals surface area contributed by atoms with E-state index in [0.29, 0.717) is 24.4 Å². The number of hydrogen-bond acceptors (Lipinski definition) is 3. The lowest BCUT2D eigenvalue weighted by atomic mass is 9.83. The first kappa shape index (κ1) is 12.8. The number of amides is 1. The molecule has 3 atom stereocenters. The number of nitrogens with zero attached hydrogens (tertiary/aromatic N) is 1. The van der Waals surface area contributed by atoms with Crippen molar-refractivity contribution < 1.29 is 4.79 Å². The number of rotatable bonds is 4. The van der Waals surface area contributed by atoms with Gasteiger partial charge in [-0.05, 0) is 38.8 Å². The van der Waals surface area contributed by atoms with Crippen molar-refractivity contribution in [2.24, 2.45) is 11.7 Å². The van der Waals surface area contributed by atoms with Gasteiger partial charge in [0.05, 0.1) is 0 Å². The van der Waals surface area contributed by atoms with Gasteiger partial charge in [0, 0.05) is 25.0 Å². The Bertz CT molecular complexity index is 269. The van der Waals surface area contributed by atoms with Crippen LogP contribution in [0.2, 0.25) is 0 Å². The van der Waals surface area contributed by atoms with Gasteiger partial charge in [0.1, 0.15) is 0 Å². The van der Waals surface area contributed by atoms with Crippen LogP contribution in [-0.2, 0) is 4.79 Å². The highest BCUT2D eigenvalue weighted by atomic mass is 16.1. The highest BCUT2D eigenvalue weighted by Gasteiger charge is 2.30. The van der Waals surface area contributed by atoms with Gasteiger partial charge in [-0.2, -0.15) is 0 Å². The molecule has 3 N–H and O–H groups in total. The quantitative estimate of drug-likeness (QED) is 0.760. The van der Waals surface area contributed by atoms with Crippen molar-refractivity contribution in [1.82, 2.24) is 10.2 Å². The Labute approximate surface area is 104 Å². The highest BCUT2D eigenvalue weighted by Crippen LogP contribution is 2.27. The van der Waals surface area contributed by atoms with Crippen LogP contribution in [0.25, 0.3) is 0 Å². The van der Waals surface area contributed by atoms with E-state index >= 15 is 0 Å². The molecule has 4 nitrogen and oxygen atoms in total. The van der Waals surface area contributed by atoms with Crippen LogP contribution in [0.1, 0.15) is 38.5 Å². The molecule has 1 aliphatic carbocycles. The third-order valence-corrected chi connectivity index (χ3v) is 4.33. The molecule has 4 heteroatoms. The minimum atomic E-state index is 0.211. The van der Waals surface area contributed by atoms with Crippen molar-refractivity contribution in [1.29, 1.82) is 0 Å². The molecular weight excluding hydrogens is 214 g/mol. The zero-order valence-corrected chi connectivity index (χ0v) is 10.8. The topological polar surface area (TPSA) is 58.4 Å². The molecule has 2 rings (SSSR count). The molecule has 1 heterocycles. The summed E-state index contributed by atoms with van der Waals surface area (Å²) in [6.45, 7) is 1.78. The monoisotopic (exact) mass is 239 g/mol. The fraction of sp³-hybridized carbons (Fsp3) is 0.923. The summed E-state index contributed by atoms with van der Waals surface area (Å²) in [5.74, 6) is 0.855. The Morgan fingerprint density at radius 3 is 2.76 bits per heavy atom. The fourth-order valence-electron chi connectivity index (χ4n) is 3.34. The van der Waals surface area contributed by atoms with Gasteiger partial charge in [-0.1, -0.05) is 12.8 Å². The first-order valence-electron chi connectivity index (χ1n) is 6.90. The second-order valence-corrected chi connectivity index (χ2v) is 5.59. The van der Waals surface area contributed by atoms with Crippen molar-refractivity contribution in [3.05, 3.63) is 0 Å². The smallest absolute Gasteiger partial charge is 0.220 e. The maximum absolute atomic E-state index is 11.2. The van der Waals surface area contributed by atoms with Gasteiger partial charge in [0.2, 0.25) is 5.91 Å². The Kier molecular flexibility index (Phi) is 4.40. The molecule has 1 aliphatic heterocycles. The van der Waals surface area contributed by atoms with Crippen molar-refractivity contribution in [3.8, 4) is 0 Å². The third kappa shape index (κ3) is 3.19. The number of carbonyl (C=O) groups excluding carboxylic acids is 1. The standard InChI is InChI=1S/C13H25N3O/c1-16(9-11-6-7-13(17)15-11)12-5-3-2-4-10(12)8-14/h10-12H,2-9,14H2,1H3,(H,15,17). The molecule has 2 aliphatic rings. The first-order valence-corrected chi connectivity index (χ1v) is 6.90. The van der Waals surface area contributed by atoms with Crippen LogP contribution in [0.3, 0.4) is 0 Å². The van der Waals surface area contributed by atoms with Crippen LogP contribution in [0.15, 0.2) is 0 Å². The van der Waals surface area contributed by atoms with Crippen LogP contribution in [-0.4, -0.2) is 43.0 Å². The molecule has 0 spiro atoms. The predicted molar refractivity (Wildman–Crippen MR) is 68.6 cm³/mol. The molecule has 0 aromatic heterocycles. The third-order valence-electron chi connectivity index (χ3n) is 4.33. The summed E-state index contributed by atoms with van der Waals surface area (Å²) in [6.07, 6.45) is 6.86. The number of hydrogen-bond donors (Lipinski definition) is 2. The summed E-state index contributed by atoms with van der Waals surface area (Å²) in [7, 11) is 2.18. The number of nitrogens with one attached hydrogen (secondary N) is 1. The van der Waals surface area contributed by atoms with Crippen LogP contribution in [0.4, 0.5) is 0 Å². The van der Waals surface area contributed by atoms with Gasteiger partial charge < -0.3 is 16.0 Å². The number of carbonyl (C=O) groups is 1. The second kappa shape index (κ2) is 5.83. The van der Waals surface area contributed by atoms with Gasteiger partial charge in [-0.3, -0.25) is 4.79 Å². The van der Waals surface area contributed by atoms with E-state index in [1.54, 1.807) is 0 Å². The van der Waals surface area contributed by atoms with E-state index in [9.17, 15) is 4.79 Å². The molecule has 17 heavy (non-hydrogen) atoms. The maximum Gasteiger partial charge on any atom is 0.220 e. The largest absolute Gasteiger partial charge is 0.352 e. The summed E-state index contributed by atoms with van der Waals surface area (Å²) in [6, 6.07) is 0.971. The Balaban J connectivity index is 1.85. The molecule has 3 unspecified atom stereocenters. The van der Waals surface area contributed by atoms with E-state index in [-0.39, 0.29) is 5.91 Å². The molecule has 0 aromatic carbocycles. The molecule has 1 saturated heterocycles. The van der Waals surface area contributed by atoms with E-state index in [2.05, 4.69) is 17.3 Å². The molecule has 1 amide bonds. The lowest BCUT2D eigenvalue weighted by molar-refractivity contribution is -0.119. The van der Waals surface area contributed by atoms with Crippen LogP contribution in [0.5, 0.6) is 0 Å². The van der Waals surface area contributed by atoms with E-state index < -0.39 is 0 Å². The minimum absolute atomic E-state index is 0.211. The van der Waals surface area contributed by atoms with Crippen LogP contribution < -0.4 is 11.1 Å². The summed E-state index contributed by atoms with van der Waals surface area (Å²) >= 11 is 0. The molecule has 98 valence electrons. The lowest BCUT2D eigenvalue weighted by Gasteiger charge is -2.38. The summed E-state index contributed by atoms with van der Waals surface area (Å²) in [4.78, 5) is 13.6. The average Bonchev–Trinajstić information content (AvgIpc) is 2.74. The number of nitrogens with two attached hydrogens (primary N) is 1. The Morgan fingerprint density at radius 2 is 2.12 bits per heavy atom. The molecule has 2 fully saturated rings. The van der Waals surface area contributed by atoms with Gasteiger partial charge in [0.15, 0.2) is 0 Å². The highest BCUT2D eigenvalue weighted by molar-refractivity contribution is 5.78. The van der Waals surface area contributed by atoms with Crippen molar-refractivity contribution >= 4 is 5.91 Å². The zero-order valence-electron chi connectivity index (χ0n) is 10.8. The van der Waals surface area contributed by atoms with E-state index in [1.165, 1.54) is 25.7 Å². The van der Waals surface area contributed by atoms with Crippen LogP contribution in [0, 0.1) is 5.92 Å². The molecule has 0 bridgehead atoms.